The quantitative estimate of drug-likeness (QED) is 0.870. The van der Waals surface area contributed by atoms with Gasteiger partial charge in [-0.3, -0.25) is 9.59 Å². The van der Waals surface area contributed by atoms with Crippen molar-refractivity contribution in [1.82, 2.24) is 0 Å². The summed E-state index contributed by atoms with van der Waals surface area (Å²) in [6.45, 7) is 9.63. The van der Waals surface area contributed by atoms with E-state index in [1.807, 2.05) is 20.8 Å². The number of carbonyl (C=O) groups is 2. The zero-order chi connectivity index (χ0) is 15.6. The van der Waals surface area contributed by atoms with E-state index < -0.39 is 5.41 Å². The average Bonchev–Trinajstić information content (AvgIpc) is 2.41. The summed E-state index contributed by atoms with van der Waals surface area (Å²) in [5, 5.41) is 2.85. The van der Waals surface area contributed by atoms with Gasteiger partial charge >= 0.3 is 0 Å². The second kappa shape index (κ2) is 5.60. The summed E-state index contributed by atoms with van der Waals surface area (Å²) < 4.78 is 5.40. The molecule has 0 aromatic heterocycles. The molecule has 1 aromatic carbocycles. The number of fused-ring (bicyclic) bond motifs is 1. The van der Waals surface area contributed by atoms with Crippen LogP contribution in [0.3, 0.4) is 0 Å². The summed E-state index contributed by atoms with van der Waals surface area (Å²) in [6, 6.07) is 5.28. The molecule has 0 fully saturated rings. The molecule has 0 aliphatic carbocycles. The molecular weight excluding hydrogens is 268 g/mol. The van der Waals surface area contributed by atoms with Gasteiger partial charge in [-0.2, -0.15) is 0 Å². The average molecular weight is 288 g/mol. The lowest BCUT2D eigenvalue weighted by Crippen LogP contribution is -2.38. The van der Waals surface area contributed by atoms with Crippen LogP contribution in [0.4, 0.5) is 11.4 Å². The van der Waals surface area contributed by atoms with Crippen LogP contribution in [-0.4, -0.2) is 25.0 Å². The number of nitrogens with zero attached hydrogens (tertiary/aromatic N) is 1. The molecule has 0 unspecified atom stereocenters. The van der Waals surface area contributed by atoms with E-state index in [1.54, 1.807) is 29.2 Å². The summed E-state index contributed by atoms with van der Waals surface area (Å²) in [5.41, 5.74) is 0.808. The normalized spacial score (nSPS) is 14.2. The van der Waals surface area contributed by atoms with Crippen LogP contribution in [0.25, 0.3) is 0 Å². The molecule has 1 heterocycles. The maximum absolute atomic E-state index is 12.0. The Labute approximate surface area is 124 Å². The summed E-state index contributed by atoms with van der Waals surface area (Å²) in [5.74, 6) is 0.424. The number of carbonyl (C=O) groups excluding carboxylic acids is 2. The van der Waals surface area contributed by atoms with Gasteiger partial charge in [0.15, 0.2) is 6.61 Å². The highest BCUT2D eigenvalue weighted by Crippen LogP contribution is 2.34. The molecule has 0 bridgehead atoms. The first-order valence-corrected chi connectivity index (χ1v) is 6.82. The number of benzene rings is 1. The number of hydrogen-bond donors (Lipinski definition) is 1. The van der Waals surface area contributed by atoms with Gasteiger partial charge in [-0.1, -0.05) is 26.8 Å². The highest BCUT2D eigenvalue weighted by molar-refractivity contribution is 6.00. The highest BCUT2D eigenvalue weighted by Gasteiger charge is 2.26. The first kappa shape index (κ1) is 15.1. The van der Waals surface area contributed by atoms with Crippen LogP contribution >= 0.6 is 0 Å². The minimum absolute atomic E-state index is 0.0224. The number of hydrogen-bond acceptors (Lipinski definition) is 3. The SMILES string of the molecule is C=CCN1C(=O)COc2ccc(NC(=O)C(C)(C)C)cc21. The second-order valence-electron chi connectivity index (χ2n) is 5.97. The van der Waals surface area contributed by atoms with Gasteiger partial charge in [-0.05, 0) is 18.2 Å². The molecule has 5 nitrogen and oxygen atoms in total. The maximum Gasteiger partial charge on any atom is 0.265 e. The molecule has 2 amide bonds. The lowest BCUT2D eigenvalue weighted by molar-refractivity contribution is -0.123. The Morgan fingerprint density at radius 2 is 2.19 bits per heavy atom. The molecule has 0 saturated heterocycles. The van der Waals surface area contributed by atoms with Gasteiger partial charge in [0.25, 0.3) is 5.91 Å². The second-order valence-corrected chi connectivity index (χ2v) is 5.97. The van der Waals surface area contributed by atoms with E-state index in [2.05, 4.69) is 11.9 Å². The molecule has 0 atom stereocenters. The summed E-state index contributed by atoms with van der Waals surface area (Å²) in [7, 11) is 0. The summed E-state index contributed by atoms with van der Waals surface area (Å²) in [4.78, 5) is 25.5. The van der Waals surface area contributed by atoms with Crippen molar-refractivity contribution in [2.75, 3.05) is 23.4 Å². The van der Waals surface area contributed by atoms with Crippen molar-refractivity contribution in [3.63, 3.8) is 0 Å². The number of ether oxygens (including phenoxy) is 1. The monoisotopic (exact) mass is 288 g/mol. The molecule has 1 N–H and O–H groups in total. The zero-order valence-electron chi connectivity index (χ0n) is 12.6. The molecular formula is C16H20N2O3. The van der Waals surface area contributed by atoms with Crippen LogP contribution in [0, 0.1) is 5.41 Å². The lowest BCUT2D eigenvalue weighted by atomic mass is 9.95. The fourth-order valence-electron chi connectivity index (χ4n) is 1.93. The van der Waals surface area contributed by atoms with Crippen molar-refractivity contribution in [2.45, 2.75) is 20.8 Å². The molecule has 112 valence electrons. The fourth-order valence-corrected chi connectivity index (χ4v) is 1.93. The van der Waals surface area contributed by atoms with Crippen LogP contribution in [0.2, 0.25) is 0 Å². The first-order chi connectivity index (χ1) is 9.82. The van der Waals surface area contributed by atoms with E-state index in [9.17, 15) is 9.59 Å². The molecule has 0 radical (unpaired) electrons. The van der Waals surface area contributed by atoms with Crippen molar-refractivity contribution in [2.24, 2.45) is 5.41 Å². The summed E-state index contributed by atoms with van der Waals surface area (Å²) >= 11 is 0. The van der Waals surface area contributed by atoms with E-state index in [4.69, 9.17) is 4.74 Å². The first-order valence-electron chi connectivity index (χ1n) is 6.82. The Morgan fingerprint density at radius 1 is 1.48 bits per heavy atom. The molecule has 0 spiro atoms. The van der Waals surface area contributed by atoms with Crippen LogP contribution in [0.5, 0.6) is 5.75 Å². The minimum atomic E-state index is -0.483. The predicted molar refractivity (Wildman–Crippen MR) is 82.6 cm³/mol. The van der Waals surface area contributed by atoms with Gasteiger partial charge in [-0.25, -0.2) is 0 Å². The van der Waals surface area contributed by atoms with E-state index in [0.717, 1.165) is 0 Å². The van der Waals surface area contributed by atoms with E-state index >= 15 is 0 Å². The Kier molecular flexibility index (Phi) is 4.02. The third-order valence-corrected chi connectivity index (χ3v) is 3.15. The number of rotatable bonds is 3. The Morgan fingerprint density at radius 3 is 2.81 bits per heavy atom. The smallest absolute Gasteiger partial charge is 0.265 e. The van der Waals surface area contributed by atoms with Crippen LogP contribution < -0.4 is 15.0 Å². The van der Waals surface area contributed by atoms with E-state index in [0.29, 0.717) is 23.7 Å². The zero-order valence-corrected chi connectivity index (χ0v) is 12.6. The topological polar surface area (TPSA) is 58.6 Å². The molecule has 2 rings (SSSR count). The van der Waals surface area contributed by atoms with Crippen molar-refractivity contribution in [3.8, 4) is 5.75 Å². The van der Waals surface area contributed by atoms with Crippen LogP contribution in [0.15, 0.2) is 30.9 Å². The molecule has 5 heteroatoms. The summed E-state index contributed by atoms with van der Waals surface area (Å²) in [6.07, 6.45) is 1.66. The van der Waals surface area contributed by atoms with Crippen molar-refractivity contribution in [1.29, 1.82) is 0 Å². The highest BCUT2D eigenvalue weighted by atomic mass is 16.5. The Balaban J connectivity index is 2.30. The van der Waals surface area contributed by atoms with Crippen LogP contribution in [0.1, 0.15) is 20.8 Å². The van der Waals surface area contributed by atoms with Gasteiger partial charge in [0.05, 0.1) is 5.69 Å². The molecule has 1 aliphatic heterocycles. The minimum Gasteiger partial charge on any atom is -0.482 e. The molecule has 1 aliphatic rings. The Bertz CT molecular complexity index is 588. The van der Waals surface area contributed by atoms with Gasteiger partial charge in [0, 0.05) is 17.6 Å². The standard InChI is InChI=1S/C16H20N2O3/c1-5-8-18-12-9-11(17-15(20)16(2,3)4)6-7-13(12)21-10-14(18)19/h5-7,9H,1,8,10H2,2-4H3,(H,17,20). The molecule has 0 saturated carbocycles. The van der Waals surface area contributed by atoms with Gasteiger partial charge in [0.2, 0.25) is 5.91 Å². The third kappa shape index (κ3) is 3.24. The fraction of sp³-hybridized carbons (Fsp3) is 0.375. The lowest BCUT2D eigenvalue weighted by Gasteiger charge is -2.29. The predicted octanol–water partition coefficient (Wildman–Crippen LogP) is 2.58. The third-order valence-electron chi connectivity index (χ3n) is 3.15. The number of nitrogens with one attached hydrogen (secondary N) is 1. The maximum atomic E-state index is 12.0. The van der Waals surface area contributed by atoms with Crippen molar-refractivity contribution in [3.05, 3.63) is 30.9 Å². The van der Waals surface area contributed by atoms with Gasteiger partial charge in [-0.15, -0.1) is 6.58 Å². The molecule has 21 heavy (non-hydrogen) atoms. The van der Waals surface area contributed by atoms with Crippen molar-refractivity contribution < 1.29 is 14.3 Å². The van der Waals surface area contributed by atoms with Gasteiger partial charge < -0.3 is 15.0 Å². The van der Waals surface area contributed by atoms with Crippen molar-refractivity contribution >= 4 is 23.2 Å². The Hall–Kier alpha value is -2.30. The number of anilines is 2. The van der Waals surface area contributed by atoms with Gasteiger partial charge in [0.1, 0.15) is 5.75 Å². The number of amides is 2. The van der Waals surface area contributed by atoms with E-state index in [-0.39, 0.29) is 18.4 Å². The largest absolute Gasteiger partial charge is 0.482 e. The molecule has 1 aromatic rings. The van der Waals surface area contributed by atoms with E-state index in [1.165, 1.54) is 0 Å². The van der Waals surface area contributed by atoms with Crippen LogP contribution in [-0.2, 0) is 9.59 Å².